The van der Waals surface area contributed by atoms with Crippen LogP contribution < -0.4 is 4.74 Å². The predicted molar refractivity (Wildman–Crippen MR) is 127 cm³/mol. The number of aryl methyl sites for hydroxylation is 1. The molecule has 0 aliphatic carbocycles. The Hall–Kier alpha value is -2.71. The summed E-state index contributed by atoms with van der Waals surface area (Å²) >= 11 is 1.46. The minimum absolute atomic E-state index is 0.0589. The van der Waals surface area contributed by atoms with E-state index in [1.807, 2.05) is 40.9 Å². The number of ether oxygens (including phenoxy) is 1. The van der Waals surface area contributed by atoms with Crippen molar-refractivity contribution in [3.63, 3.8) is 0 Å². The molecular weight excluding hydrogens is 439 g/mol. The quantitative estimate of drug-likeness (QED) is 0.552. The van der Waals surface area contributed by atoms with Gasteiger partial charge in [0.15, 0.2) is 16.7 Å². The first-order valence-corrected chi connectivity index (χ1v) is 12.5. The number of rotatable bonds is 5. The van der Waals surface area contributed by atoms with Gasteiger partial charge in [-0.2, -0.15) is 0 Å². The van der Waals surface area contributed by atoms with Crippen LogP contribution in [0.5, 0.6) is 5.75 Å². The number of hydrogen-bond donors (Lipinski definition) is 0. The third kappa shape index (κ3) is 4.82. The van der Waals surface area contributed by atoms with Crippen molar-refractivity contribution in [2.75, 3.05) is 26.2 Å². The van der Waals surface area contributed by atoms with Crippen molar-refractivity contribution in [3.05, 3.63) is 65.2 Å². The SMILES string of the molecule is Cc1nc(-n2cccc2)sc1C(=O)N1CCC(N2CCC(Oc3ccccc3F)CC2)CC1. The Bertz CT molecular complexity index is 1080. The van der Waals surface area contributed by atoms with Gasteiger partial charge in [0.05, 0.1) is 5.69 Å². The molecule has 1 aromatic carbocycles. The normalized spacial score (nSPS) is 18.5. The fourth-order valence-corrected chi connectivity index (χ4v) is 5.81. The van der Waals surface area contributed by atoms with Gasteiger partial charge in [0, 0.05) is 44.6 Å². The Labute approximate surface area is 197 Å². The molecule has 5 rings (SSSR count). The number of carbonyl (C=O) groups excluding carboxylic acids is 1. The lowest BCUT2D eigenvalue weighted by atomic mass is 9.98. The maximum atomic E-state index is 13.9. The maximum absolute atomic E-state index is 13.9. The highest BCUT2D eigenvalue weighted by Crippen LogP contribution is 2.28. The van der Waals surface area contributed by atoms with E-state index in [0.29, 0.717) is 11.8 Å². The molecule has 0 unspecified atom stereocenters. The molecule has 0 radical (unpaired) electrons. The second-order valence-corrected chi connectivity index (χ2v) is 9.79. The number of aromatic nitrogens is 2. The standard InChI is InChI=1S/C25H29FN4O2S/c1-18-23(33-25(27-18)30-12-4-5-13-30)24(31)29-14-8-19(9-15-29)28-16-10-20(11-17-28)32-22-7-3-2-6-21(22)26/h2-7,12-13,19-20H,8-11,14-17H2,1H3. The summed E-state index contributed by atoms with van der Waals surface area (Å²) in [7, 11) is 0. The highest BCUT2D eigenvalue weighted by atomic mass is 32.1. The van der Waals surface area contributed by atoms with Gasteiger partial charge in [-0.25, -0.2) is 9.37 Å². The van der Waals surface area contributed by atoms with Gasteiger partial charge in [-0.15, -0.1) is 0 Å². The van der Waals surface area contributed by atoms with E-state index in [2.05, 4.69) is 9.88 Å². The lowest BCUT2D eigenvalue weighted by molar-refractivity contribution is 0.0418. The van der Waals surface area contributed by atoms with E-state index in [-0.39, 0.29) is 17.8 Å². The topological polar surface area (TPSA) is 50.6 Å². The molecule has 2 aromatic heterocycles. The summed E-state index contributed by atoms with van der Waals surface area (Å²) in [6.07, 6.45) is 7.71. The molecule has 33 heavy (non-hydrogen) atoms. The minimum Gasteiger partial charge on any atom is -0.487 e. The molecule has 174 valence electrons. The molecule has 2 saturated heterocycles. The van der Waals surface area contributed by atoms with E-state index in [1.54, 1.807) is 18.2 Å². The van der Waals surface area contributed by atoms with E-state index in [9.17, 15) is 9.18 Å². The van der Waals surface area contributed by atoms with Crippen LogP contribution in [0.1, 0.15) is 41.0 Å². The molecule has 6 nitrogen and oxygen atoms in total. The van der Waals surface area contributed by atoms with Gasteiger partial charge in [0.1, 0.15) is 11.0 Å². The maximum Gasteiger partial charge on any atom is 0.265 e. The molecule has 0 saturated carbocycles. The van der Waals surface area contributed by atoms with Gasteiger partial charge in [0.2, 0.25) is 0 Å². The van der Waals surface area contributed by atoms with Crippen LogP contribution in [0.3, 0.4) is 0 Å². The molecule has 2 aliphatic rings. The number of hydrogen-bond acceptors (Lipinski definition) is 5. The summed E-state index contributed by atoms with van der Waals surface area (Å²) < 4.78 is 21.7. The van der Waals surface area contributed by atoms with Crippen LogP contribution in [0, 0.1) is 12.7 Å². The van der Waals surface area contributed by atoms with Crippen LogP contribution in [-0.2, 0) is 0 Å². The third-order valence-corrected chi connectivity index (χ3v) is 7.84. The van der Waals surface area contributed by atoms with E-state index in [4.69, 9.17) is 4.74 Å². The number of amides is 1. The van der Waals surface area contributed by atoms with Crippen LogP contribution in [0.2, 0.25) is 0 Å². The molecule has 2 aliphatic heterocycles. The van der Waals surface area contributed by atoms with E-state index in [0.717, 1.165) is 67.6 Å². The van der Waals surface area contributed by atoms with E-state index >= 15 is 0 Å². The predicted octanol–water partition coefficient (Wildman–Crippen LogP) is 4.53. The average molecular weight is 469 g/mol. The zero-order valence-electron chi connectivity index (χ0n) is 18.8. The monoisotopic (exact) mass is 468 g/mol. The van der Waals surface area contributed by atoms with Crippen molar-refractivity contribution >= 4 is 17.2 Å². The number of para-hydroxylation sites is 1. The molecule has 4 heterocycles. The summed E-state index contributed by atoms with van der Waals surface area (Å²) in [5, 5.41) is 0.830. The first-order valence-electron chi connectivity index (χ1n) is 11.6. The number of nitrogens with zero attached hydrogens (tertiary/aromatic N) is 4. The number of piperidine rings is 2. The number of carbonyl (C=O) groups is 1. The van der Waals surface area contributed by atoms with Crippen LogP contribution >= 0.6 is 11.3 Å². The molecule has 0 spiro atoms. The number of thiazole rings is 1. The molecule has 0 atom stereocenters. The average Bonchev–Trinajstić information content (AvgIpc) is 3.51. The fraction of sp³-hybridized carbons (Fsp3) is 0.440. The highest BCUT2D eigenvalue weighted by molar-refractivity contribution is 7.16. The summed E-state index contributed by atoms with van der Waals surface area (Å²) in [6, 6.07) is 11.0. The molecule has 3 aromatic rings. The Morgan fingerprint density at radius 3 is 2.42 bits per heavy atom. The van der Waals surface area contributed by atoms with E-state index < -0.39 is 0 Å². The number of likely N-dealkylation sites (tertiary alicyclic amines) is 2. The second kappa shape index (κ2) is 9.65. The first-order chi connectivity index (χ1) is 16.1. The first kappa shape index (κ1) is 22.1. The lowest BCUT2D eigenvalue weighted by Crippen LogP contribution is -2.50. The van der Waals surface area contributed by atoms with Crippen LogP contribution in [-0.4, -0.2) is 63.6 Å². The summed E-state index contributed by atoms with van der Waals surface area (Å²) in [6.45, 7) is 5.35. The molecular formula is C25H29FN4O2S. The molecule has 1 amide bonds. The minimum atomic E-state index is -0.298. The van der Waals surface area contributed by atoms with Crippen molar-refractivity contribution < 1.29 is 13.9 Å². The number of benzene rings is 1. The Balaban J connectivity index is 1.12. The van der Waals surface area contributed by atoms with Crippen LogP contribution in [0.4, 0.5) is 4.39 Å². The summed E-state index contributed by atoms with van der Waals surface area (Å²) in [5.74, 6) is 0.147. The fourth-order valence-electron chi connectivity index (χ4n) is 4.81. The van der Waals surface area contributed by atoms with Crippen molar-refractivity contribution in [2.45, 2.75) is 44.8 Å². The molecule has 0 N–H and O–H groups in total. The van der Waals surface area contributed by atoms with Gasteiger partial charge in [-0.1, -0.05) is 23.5 Å². The highest BCUT2D eigenvalue weighted by Gasteiger charge is 2.31. The zero-order chi connectivity index (χ0) is 22.8. The lowest BCUT2D eigenvalue weighted by Gasteiger charge is -2.41. The summed E-state index contributed by atoms with van der Waals surface area (Å²) in [4.78, 5) is 23.0. The molecule has 0 bridgehead atoms. The van der Waals surface area contributed by atoms with Gasteiger partial charge in [-0.05, 0) is 56.9 Å². The molecule has 8 heteroatoms. The Morgan fingerprint density at radius 1 is 1.03 bits per heavy atom. The van der Waals surface area contributed by atoms with Crippen molar-refractivity contribution in [1.82, 2.24) is 19.4 Å². The second-order valence-electron chi connectivity index (χ2n) is 8.81. The Kier molecular flexibility index (Phi) is 6.46. The smallest absolute Gasteiger partial charge is 0.265 e. The van der Waals surface area contributed by atoms with Crippen LogP contribution in [0.25, 0.3) is 5.13 Å². The van der Waals surface area contributed by atoms with Crippen molar-refractivity contribution in [2.24, 2.45) is 0 Å². The van der Waals surface area contributed by atoms with Crippen molar-refractivity contribution in [3.8, 4) is 10.9 Å². The molecule has 2 fully saturated rings. The van der Waals surface area contributed by atoms with Gasteiger partial charge >= 0.3 is 0 Å². The zero-order valence-corrected chi connectivity index (χ0v) is 19.6. The summed E-state index contributed by atoms with van der Waals surface area (Å²) in [5.41, 5.74) is 0.799. The van der Waals surface area contributed by atoms with Gasteiger partial charge in [-0.3, -0.25) is 9.69 Å². The Morgan fingerprint density at radius 2 is 1.73 bits per heavy atom. The van der Waals surface area contributed by atoms with Gasteiger partial charge < -0.3 is 14.2 Å². The van der Waals surface area contributed by atoms with Crippen molar-refractivity contribution in [1.29, 1.82) is 0 Å². The third-order valence-electron chi connectivity index (χ3n) is 6.68. The van der Waals surface area contributed by atoms with Gasteiger partial charge in [0.25, 0.3) is 5.91 Å². The van der Waals surface area contributed by atoms with Crippen LogP contribution in [0.15, 0.2) is 48.8 Å². The number of halogens is 1. The van der Waals surface area contributed by atoms with E-state index in [1.165, 1.54) is 17.4 Å². The largest absolute Gasteiger partial charge is 0.487 e.